The largest absolute Gasteiger partial charge is 0.493 e. The van der Waals surface area contributed by atoms with E-state index in [0.717, 1.165) is 17.9 Å². The first-order valence-electron chi connectivity index (χ1n) is 6.38. The molecule has 0 aliphatic rings. The monoisotopic (exact) mass is 257 g/mol. The van der Waals surface area contributed by atoms with Crippen LogP contribution in [0, 0.1) is 0 Å². The van der Waals surface area contributed by atoms with Crippen molar-refractivity contribution < 1.29 is 9.47 Å². The third-order valence-corrected chi connectivity index (χ3v) is 3.04. The van der Waals surface area contributed by atoms with Gasteiger partial charge in [-0.3, -0.25) is 0 Å². The molecule has 0 unspecified atom stereocenters. The van der Waals surface area contributed by atoms with Crippen LogP contribution in [0.5, 0.6) is 11.5 Å². The van der Waals surface area contributed by atoms with Gasteiger partial charge in [0.25, 0.3) is 0 Å². The third-order valence-electron chi connectivity index (χ3n) is 3.04. The second kappa shape index (κ2) is 6.81. The van der Waals surface area contributed by atoms with E-state index < -0.39 is 0 Å². The molecule has 0 atom stereocenters. The van der Waals surface area contributed by atoms with Crippen LogP contribution in [0.2, 0.25) is 0 Å². The molecule has 0 aliphatic carbocycles. The molecule has 0 saturated heterocycles. The number of hydrogen-bond donors (Lipinski definition) is 1. The Labute approximate surface area is 114 Å². The number of hydrogen-bond acceptors (Lipinski definition) is 3. The van der Waals surface area contributed by atoms with Crippen LogP contribution < -0.4 is 15.2 Å². The fourth-order valence-corrected chi connectivity index (χ4v) is 2.01. The van der Waals surface area contributed by atoms with Gasteiger partial charge in [-0.05, 0) is 23.3 Å². The lowest BCUT2D eigenvalue weighted by Crippen LogP contribution is -2.07. The molecule has 2 aromatic carbocycles. The number of benzene rings is 2. The highest BCUT2D eigenvalue weighted by Crippen LogP contribution is 2.25. The molecule has 3 heteroatoms. The van der Waals surface area contributed by atoms with Crippen LogP contribution in [-0.2, 0) is 13.0 Å². The van der Waals surface area contributed by atoms with Gasteiger partial charge in [0.2, 0.25) is 0 Å². The van der Waals surface area contributed by atoms with Gasteiger partial charge < -0.3 is 15.2 Å². The van der Waals surface area contributed by atoms with Gasteiger partial charge in [0, 0.05) is 13.0 Å². The summed E-state index contributed by atoms with van der Waals surface area (Å²) in [4.78, 5) is 0. The summed E-state index contributed by atoms with van der Waals surface area (Å²) in [6, 6.07) is 15.8. The summed E-state index contributed by atoms with van der Waals surface area (Å²) in [5, 5.41) is 0. The van der Waals surface area contributed by atoms with Crippen molar-refractivity contribution in [1.29, 1.82) is 0 Å². The predicted octanol–water partition coefficient (Wildman–Crippen LogP) is 2.78. The highest BCUT2D eigenvalue weighted by molar-refractivity contribution is 5.39. The molecule has 2 aromatic rings. The van der Waals surface area contributed by atoms with E-state index in [0.29, 0.717) is 13.2 Å². The lowest BCUT2D eigenvalue weighted by Gasteiger charge is -2.11. The fourth-order valence-electron chi connectivity index (χ4n) is 2.01. The Kier molecular flexibility index (Phi) is 4.81. The van der Waals surface area contributed by atoms with Crippen LogP contribution in [0.3, 0.4) is 0 Å². The Balaban J connectivity index is 1.96. The highest BCUT2D eigenvalue weighted by atomic mass is 16.5. The lowest BCUT2D eigenvalue weighted by molar-refractivity contribution is 0.297. The Morgan fingerprint density at radius 1 is 0.895 bits per heavy atom. The number of rotatable bonds is 6. The first kappa shape index (κ1) is 13.4. The molecule has 0 saturated carbocycles. The van der Waals surface area contributed by atoms with Crippen LogP contribution in [0.15, 0.2) is 48.5 Å². The molecule has 3 nitrogen and oxygen atoms in total. The van der Waals surface area contributed by atoms with Crippen molar-refractivity contribution in [1.82, 2.24) is 0 Å². The number of ether oxygens (including phenoxy) is 2. The first-order valence-corrected chi connectivity index (χ1v) is 6.38. The van der Waals surface area contributed by atoms with E-state index in [1.165, 1.54) is 11.1 Å². The van der Waals surface area contributed by atoms with Gasteiger partial charge in [-0.1, -0.05) is 36.4 Å². The van der Waals surface area contributed by atoms with Crippen molar-refractivity contribution >= 4 is 0 Å². The van der Waals surface area contributed by atoms with E-state index in [1.54, 1.807) is 7.11 Å². The summed E-state index contributed by atoms with van der Waals surface area (Å²) in [6.45, 7) is 1.17. The Morgan fingerprint density at radius 3 is 2.21 bits per heavy atom. The molecule has 19 heavy (non-hydrogen) atoms. The van der Waals surface area contributed by atoms with Gasteiger partial charge in [-0.15, -0.1) is 0 Å². The summed E-state index contributed by atoms with van der Waals surface area (Å²) in [5.41, 5.74) is 8.13. The standard InChI is InChI=1S/C16H19NO2/c1-18-15-8-4-5-9-16(15)19-11-10-13-6-2-3-7-14(13)12-17/h2-9H,10-12,17H2,1H3. The molecule has 0 heterocycles. The van der Waals surface area contributed by atoms with Crippen LogP contribution in [0.1, 0.15) is 11.1 Å². The Morgan fingerprint density at radius 2 is 1.53 bits per heavy atom. The third kappa shape index (κ3) is 3.48. The Bertz CT molecular complexity index is 478. The number of nitrogens with two attached hydrogens (primary N) is 1. The second-order valence-electron chi connectivity index (χ2n) is 4.22. The van der Waals surface area contributed by atoms with E-state index in [-0.39, 0.29) is 0 Å². The molecule has 0 bridgehead atoms. The zero-order valence-corrected chi connectivity index (χ0v) is 11.1. The van der Waals surface area contributed by atoms with Crippen LogP contribution in [0.25, 0.3) is 0 Å². The van der Waals surface area contributed by atoms with Gasteiger partial charge in [0.05, 0.1) is 13.7 Å². The van der Waals surface area contributed by atoms with Crippen molar-refractivity contribution in [3.8, 4) is 11.5 Å². The maximum Gasteiger partial charge on any atom is 0.161 e. The quantitative estimate of drug-likeness (QED) is 0.865. The lowest BCUT2D eigenvalue weighted by atomic mass is 10.1. The molecule has 0 amide bonds. The Hall–Kier alpha value is -2.00. The van der Waals surface area contributed by atoms with E-state index in [1.807, 2.05) is 36.4 Å². The summed E-state index contributed by atoms with van der Waals surface area (Å²) in [6.07, 6.45) is 0.839. The number of para-hydroxylation sites is 2. The fraction of sp³-hybridized carbons (Fsp3) is 0.250. The topological polar surface area (TPSA) is 44.5 Å². The van der Waals surface area contributed by atoms with Crippen LogP contribution >= 0.6 is 0 Å². The second-order valence-corrected chi connectivity index (χ2v) is 4.22. The van der Waals surface area contributed by atoms with E-state index in [9.17, 15) is 0 Å². The SMILES string of the molecule is COc1ccccc1OCCc1ccccc1CN. The predicted molar refractivity (Wildman–Crippen MR) is 76.5 cm³/mol. The zero-order valence-electron chi connectivity index (χ0n) is 11.1. The summed E-state index contributed by atoms with van der Waals surface area (Å²) in [7, 11) is 1.64. The van der Waals surface area contributed by atoms with Crippen LogP contribution in [-0.4, -0.2) is 13.7 Å². The molecule has 0 radical (unpaired) electrons. The van der Waals surface area contributed by atoms with Crippen molar-refractivity contribution in [3.05, 3.63) is 59.7 Å². The highest BCUT2D eigenvalue weighted by Gasteiger charge is 2.04. The maximum atomic E-state index is 5.77. The van der Waals surface area contributed by atoms with E-state index >= 15 is 0 Å². The smallest absolute Gasteiger partial charge is 0.161 e. The van der Waals surface area contributed by atoms with Crippen molar-refractivity contribution in [3.63, 3.8) is 0 Å². The first-order chi connectivity index (χ1) is 9.35. The van der Waals surface area contributed by atoms with Gasteiger partial charge in [0.15, 0.2) is 11.5 Å². The molecule has 0 aromatic heterocycles. The van der Waals surface area contributed by atoms with Gasteiger partial charge in [-0.25, -0.2) is 0 Å². The average Bonchev–Trinajstić information content (AvgIpc) is 2.48. The zero-order chi connectivity index (χ0) is 13.5. The minimum atomic E-state index is 0.560. The molecule has 0 aliphatic heterocycles. The minimum Gasteiger partial charge on any atom is -0.493 e. The molecule has 0 fully saturated rings. The summed E-state index contributed by atoms with van der Waals surface area (Å²) in [5.74, 6) is 1.53. The summed E-state index contributed by atoms with van der Waals surface area (Å²) >= 11 is 0. The van der Waals surface area contributed by atoms with Crippen LogP contribution in [0.4, 0.5) is 0 Å². The van der Waals surface area contributed by atoms with Crippen molar-refractivity contribution in [2.24, 2.45) is 5.73 Å². The molecule has 100 valence electrons. The molecule has 2 N–H and O–H groups in total. The van der Waals surface area contributed by atoms with E-state index in [4.69, 9.17) is 15.2 Å². The van der Waals surface area contributed by atoms with Crippen molar-refractivity contribution in [2.45, 2.75) is 13.0 Å². The van der Waals surface area contributed by atoms with Gasteiger partial charge in [0.1, 0.15) is 0 Å². The molecular formula is C16H19NO2. The molecule has 2 rings (SSSR count). The molecular weight excluding hydrogens is 238 g/mol. The van der Waals surface area contributed by atoms with Crippen molar-refractivity contribution in [2.75, 3.05) is 13.7 Å². The molecule has 0 spiro atoms. The van der Waals surface area contributed by atoms with Gasteiger partial charge >= 0.3 is 0 Å². The maximum absolute atomic E-state index is 5.77. The number of methoxy groups -OCH3 is 1. The average molecular weight is 257 g/mol. The summed E-state index contributed by atoms with van der Waals surface area (Å²) < 4.78 is 11.0. The van der Waals surface area contributed by atoms with E-state index in [2.05, 4.69) is 12.1 Å². The minimum absolute atomic E-state index is 0.560. The normalized spacial score (nSPS) is 10.2. The van der Waals surface area contributed by atoms with Gasteiger partial charge in [-0.2, -0.15) is 0 Å².